The van der Waals surface area contributed by atoms with Gasteiger partial charge >= 0.3 is 0 Å². The third-order valence-corrected chi connectivity index (χ3v) is 4.97. The maximum atomic E-state index is 8.89. The van der Waals surface area contributed by atoms with E-state index in [9.17, 15) is 0 Å². The Hall–Kier alpha value is -3.03. The minimum absolute atomic E-state index is 0.681. The molecule has 116 valence electrons. The van der Waals surface area contributed by atoms with Crippen LogP contribution in [0, 0.1) is 11.3 Å². The number of anilines is 1. The number of nitriles is 1. The van der Waals surface area contributed by atoms with Crippen molar-refractivity contribution >= 4 is 22.0 Å². The average molecular weight is 329 g/mol. The molecule has 4 heteroatoms. The van der Waals surface area contributed by atoms with E-state index in [1.54, 1.807) is 11.3 Å². The van der Waals surface area contributed by atoms with Crippen LogP contribution in [0.1, 0.15) is 11.1 Å². The molecule has 0 atom stereocenters. The van der Waals surface area contributed by atoms with E-state index in [4.69, 9.17) is 5.26 Å². The first-order valence-corrected chi connectivity index (χ1v) is 8.60. The summed E-state index contributed by atoms with van der Waals surface area (Å²) in [5.41, 5.74) is 8.78. The fourth-order valence-electron chi connectivity index (χ4n) is 2.72. The monoisotopic (exact) mass is 329 g/mol. The molecule has 0 aliphatic carbocycles. The Bertz CT molecular complexity index is 918. The summed E-state index contributed by atoms with van der Waals surface area (Å²) in [7, 11) is 0. The standard InChI is InChI=1S/C20H15N3S/c21-13-15-6-8-17(9-7-15)19-10-11-23(22-19)20-12-18(14-24-20)16-4-2-1-3-5-16/h1-10,12,14,22H,11H2. The number of hydrogen-bond donors (Lipinski definition) is 1. The van der Waals surface area contributed by atoms with Crippen molar-refractivity contribution in [2.45, 2.75) is 0 Å². The lowest BCUT2D eigenvalue weighted by atomic mass is 10.1. The zero-order valence-corrected chi connectivity index (χ0v) is 13.8. The SMILES string of the molecule is N#Cc1ccc(C2=CCN(c3cc(-c4ccccc4)cs3)N2)cc1. The number of benzene rings is 2. The Morgan fingerprint density at radius 3 is 2.50 bits per heavy atom. The highest BCUT2D eigenvalue weighted by Gasteiger charge is 2.17. The fourth-order valence-corrected chi connectivity index (χ4v) is 3.61. The molecule has 4 rings (SSSR count). The molecule has 2 aromatic carbocycles. The predicted molar refractivity (Wildman–Crippen MR) is 99.4 cm³/mol. The Labute approximate surface area is 145 Å². The Morgan fingerprint density at radius 1 is 0.958 bits per heavy atom. The third kappa shape index (κ3) is 2.78. The van der Waals surface area contributed by atoms with Gasteiger partial charge in [0.2, 0.25) is 0 Å². The summed E-state index contributed by atoms with van der Waals surface area (Å²) in [6, 6.07) is 22.4. The van der Waals surface area contributed by atoms with Crippen molar-refractivity contribution in [3.8, 4) is 17.2 Å². The van der Waals surface area contributed by atoms with Crippen LogP contribution in [0.25, 0.3) is 16.8 Å². The van der Waals surface area contributed by atoms with Gasteiger partial charge in [-0.25, -0.2) is 0 Å². The summed E-state index contributed by atoms with van der Waals surface area (Å²) in [5.74, 6) is 0. The van der Waals surface area contributed by atoms with Crippen molar-refractivity contribution in [3.05, 3.63) is 83.2 Å². The predicted octanol–water partition coefficient (Wildman–Crippen LogP) is 4.65. The Kier molecular flexibility index (Phi) is 3.78. The fraction of sp³-hybridized carbons (Fsp3) is 0.0500. The van der Waals surface area contributed by atoms with Gasteiger partial charge in [-0.3, -0.25) is 10.4 Å². The third-order valence-electron chi connectivity index (χ3n) is 4.02. The van der Waals surface area contributed by atoms with Crippen LogP contribution < -0.4 is 10.4 Å². The van der Waals surface area contributed by atoms with Gasteiger partial charge in [0.05, 0.1) is 23.9 Å². The van der Waals surface area contributed by atoms with E-state index < -0.39 is 0 Å². The van der Waals surface area contributed by atoms with Crippen molar-refractivity contribution in [3.63, 3.8) is 0 Å². The molecule has 0 spiro atoms. The van der Waals surface area contributed by atoms with Gasteiger partial charge in [-0.15, -0.1) is 11.3 Å². The molecule has 0 unspecified atom stereocenters. The highest BCUT2D eigenvalue weighted by atomic mass is 32.1. The van der Waals surface area contributed by atoms with Crippen molar-refractivity contribution in [2.75, 3.05) is 11.6 Å². The number of nitrogens with zero attached hydrogens (tertiary/aromatic N) is 2. The average Bonchev–Trinajstić information content (AvgIpc) is 3.32. The molecule has 1 aromatic heterocycles. The van der Waals surface area contributed by atoms with Gasteiger partial charge in [-0.2, -0.15) is 5.26 Å². The van der Waals surface area contributed by atoms with Crippen molar-refractivity contribution in [1.29, 1.82) is 5.26 Å². The molecule has 3 aromatic rings. The van der Waals surface area contributed by atoms with Crippen LogP contribution >= 0.6 is 11.3 Å². The lowest BCUT2D eigenvalue weighted by Gasteiger charge is -2.18. The lowest BCUT2D eigenvalue weighted by molar-refractivity contribution is 0.863. The molecular formula is C20H15N3S. The van der Waals surface area contributed by atoms with Gasteiger partial charge < -0.3 is 0 Å². The highest BCUT2D eigenvalue weighted by Crippen LogP contribution is 2.32. The molecule has 0 saturated carbocycles. The number of hydrogen-bond acceptors (Lipinski definition) is 4. The van der Waals surface area contributed by atoms with Crippen molar-refractivity contribution in [1.82, 2.24) is 5.43 Å². The molecule has 0 saturated heterocycles. The van der Waals surface area contributed by atoms with Crippen LogP contribution in [0.5, 0.6) is 0 Å². The zero-order valence-electron chi connectivity index (χ0n) is 12.9. The molecule has 1 aliphatic rings. The molecule has 1 aliphatic heterocycles. The van der Waals surface area contributed by atoms with Gasteiger partial charge in [0.25, 0.3) is 0 Å². The highest BCUT2D eigenvalue weighted by molar-refractivity contribution is 7.14. The maximum absolute atomic E-state index is 8.89. The first kappa shape index (κ1) is 14.6. The second kappa shape index (κ2) is 6.23. The smallest absolute Gasteiger partial charge is 0.111 e. The summed E-state index contributed by atoms with van der Waals surface area (Å²) in [6.07, 6.45) is 2.17. The van der Waals surface area contributed by atoms with Gasteiger partial charge in [-0.1, -0.05) is 42.5 Å². The summed E-state index contributed by atoms with van der Waals surface area (Å²) in [6.45, 7) is 0.823. The van der Waals surface area contributed by atoms with E-state index in [2.05, 4.69) is 58.3 Å². The summed E-state index contributed by atoms with van der Waals surface area (Å²) in [5, 5.41) is 14.4. The topological polar surface area (TPSA) is 39.1 Å². The van der Waals surface area contributed by atoms with Crippen LogP contribution in [0.4, 0.5) is 5.00 Å². The molecule has 2 heterocycles. The largest absolute Gasteiger partial charge is 0.297 e. The second-order valence-corrected chi connectivity index (χ2v) is 6.46. The van der Waals surface area contributed by atoms with E-state index in [-0.39, 0.29) is 0 Å². The second-order valence-electron chi connectivity index (χ2n) is 5.57. The first-order chi connectivity index (χ1) is 11.8. The van der Waals surface area contributed by atoms with Crippen LogP contribution in [0.3, 0.4) is 0 Å². The molecule has 0 bridgehead atoms. The lowest BCUT2D eigenvalue weighted by Crippen LogP contribution is -2.30. The van der Waals surface area contributed by atoms with Crippen LogP contribution in [-0.4, -0.2) is 6.54 Å². The molecule has 0 amide bonds. The van der Waals surface area contributed by atoms with E-state index in [0.29, 0.717) is 5.56 Å². The summed E-state index contributed by atoms with van der Waals surface area (Å²) < 4.78 is 0. The molecular weight excluding hydrogens is 314 g/mol. The number of hydrazine groups is 1. The van der Waals surface area contributed by atoms with Crippen LogP contribution in [0.15, 0.2) is 72.1 Å². The van der Waals surface area contributed by atoms with Crippen LogP contribution in [0.2, 0.25) is 0 Å². The van der Waals surface area contributed by atoms with Gasteiger partial charge in [0.15, 0.2) is 0 Å². The van der Waals surface area contributed by atoms with E-state index in [1.807, 2.05) is 30.3 Å². The van der Waals surface area contributed by atoms with E-state index >= 15 is 0 Å². The van der Waals surface area contributed by atoms with Crippen molar-refractivity contribution < 1.29 is 0 Å². The molecule has 1 N–H and O–H groups in total. The molecule has 0 fully saturated rings. The minimum Gasteiger partial charge on any atom is -0.297 e. The quantitative estimate of drug-likeness (QED) is 0.760. The maximum Gasteiger partial charge on any atom is 0.111 e. The van der Waals surface area contributed by atoms with Gasteiger partial charge in [0, 0.05) is 5.38 Å². The van der Waals surface area contributed by atoms with Gasteiger partial charge in [-0.05, 0) is 41.0 Å². The van der Waals surface area contributed by atoms with Gasteiger partial charge in [0.1, 0.15) is 5.00 Å². The van der Waals surface area contributed by atoms with E-state index in [0.717, 1.165) is 17.8 Å². The number of thiophene rings is 1. The van der Waals surface area contributed by atoms with Crippen molar-refractivity contribution in [2.24, 2.45) is 0 Å². The molecule has 24 heavy (non-hydrogen) atoms. The Morgan fingerprint density at radius 2 is 1.75 bits per heavy atom. The normalized spacial score (nSPS) is 13.3. The molecule has 0 radical (unpaired) electrons. The Balaban J connectivity index is 1.50. The summed E-state index contributed by atoms with van der Waals surface area (Å²) in [4.78, 5) is 0. The number of nitrogens with one attached hydrogen (secondary N) is 1. The first-order valence-electron chi connectivity index (χ1n) is 7.72. The van der Waals surface area contributed by atoms with Crippen LogP contribution in [-0.2, 0) is 0 Å². The summed E-state index contributed by atoms with van der Waals surface area (Å²) >= 11 is 1.73. The minimum atomic E-state index is 0.681. The van der Waals surface area contributed by atoms with E-state index in [1.165, 1.54) is 16.1 Å². The molecule has 3 nitrogen and oxygen atoms in total. The number of rotatable bonds is 3. The zero-order chi connectivity index (χ0) is 16.4.